The Kier molecular flexibility index (Phi) is 8.29. The van der Waals surface area contributed by atoms with Crippen LogP contribution in [0.5, 0.6) is 0 Å². The number of nitrogens with one attached hydrogen (secondary N) is 1. The number of methoxy groups -OCH3 is 1. The molecule has 0 spiro atoms. The second-order valence-electron chi connectivity index (χ2n) is 6.21. The van der Waals surface area contributed by atoms with Crippen molar-refractivity contribution < 1.29 is 9.53 Å². The van der Waals surface area contributed by atoms with Crippen LogP contribution >= 0.6 is 35.0 Å². The van der Waals surface area contributed by atoms with Crippen LogP contribution in [-0.4, -0.2) is 24.9 Å². The number of benzene rings is 2. The second kappa shape index (κ2) is 10.2. The summed E-state index contributed by atoms with van der Waals surface area (Å²) in [5.74, 6) is 0.0128. The quantitative estimate of drug-likeness (QED) is 0.566. The maximum atomic E-state index is 11.7. The van der Waals surface area contributed by atoms with Crippen LogP contribution in [0, 0.1) is 0 Å². The van der Waals surface area contributed by atoms with Crippen molar-refractivity contribution in [1.82, 2.24) is 5.32 Å². The molecule has 0 fully saturated rings. The number of carbonyl (C=O) groups excluding carboxylic acids is 1. The summed E-state index contributed by atoms with van der Waals surface area (Å²) in [5, 5.41) is 4.96. The lowest BCUT2D eigenvalue weighted by atomic mass is 9.97. The molecule has 6 heteroatoms. The standard InChI is InChI=1S/C20H23Cl2NO2S/c1-13(2)23-19(14-7-9-16(21)10-8-14)20(26-12-18(24)25-3)15-5-4-6-17(22)11-15/h4-11,13,19-20,23H,12H2,1-3H3/t19-,20+/m1/s1. The number of esters is 1. The molecule has 140 valence electrons. The Hall–Kier alpha value is -1.20. The molecule has 0 aliphatic heterocycles. The van der Waals surface area contributed by atoms with Gasteiger partial charge in [0.05, 0.1) is 12.9 Å². The van der Waals surface area contributed by atoms with E-state index in [0.717, 1.165) is 11.1 Å². The fraction of sp³-hybridized carbons (Fsp3) is 0.350. The molecule has 0 unspecified atom stereocenters. The molecule has 0 aromatic heterocycles. The Morgan fingerprint density at radius 3 is 2.35 bits per heavy atom. The Morgan fingerprint density at radius 1 is 1.08 bits per heavy atom. The molecule has 2 atom stereocenters. The van der Waals surface area contributed by atoms with Crippen molar-refractivity contribution in [2.75, 3.05) is 12.9 Å². The number of carbonyl (C=O) groups is 1. The molecule has 0 radical (unpaired) electrons. The van der Waals surface area contributed by atoms with Gasteiger partial charge in [-0.1, -0.05) is 61.3 Å². The molecule has 0 heterocycles. The van der Waals surface area contributed by atoms with E-state index in [4.69, 9.17) is 27.9 Å². The maximum absolute atomic E-state index is 11.7. The first kappa shape index (κ1) is 21.1. The molecule has 26 heavy (non-hydrogen) atoms. The number of ether oxygens (including phenoxy) is 1. The number of thioether (sulfide) groups is 1. The first-order chi connectivity index (χ1) is 12.4. The lowest BCUT2D eigenvalue weighted by Gasteiger charge is -2.30. The third-order valence-corrected chi connectivity index (χ3v) is 5.62. The molecular weight excluding hydrogens is 389 g/mol. The lowest BCUT2D eigenvalue weighted by molar-refractivity contribution is -0.137. The molecule has 0 saturated carbocycles. The van der Waals surface area contributed by atoms with E-state index in [-0.39, 0.29) is 29.1 Å². The summed E-state index contributed by atoms with van der Waals surface area (Å²) in [4.78, 5) is 11.7. The maximum Gasteiger partial charge on any atom is 0.315 e. The van der Waals surface area contributed by atoms with Gasteiger partial charge in [-0.2, -0.15) is 0 Å². The normalized spacial score (nSPS) is 13.5. The van der Waals surface area contributed by atoms with Crippen molar-refractivity contribution in [2.45, 2.75) is 31.2 Å². The van der Waals surface area contributed by atoms with E-state index in [1.807, 2.05) is 48.5 Å². The van der Waals surface area contributed by atoms with Gasteiger partial charge in [0.25, 0.3) is 0 Å². The van der Waals surface area contributed by atoms with Crippen molar-refractivity contribution >= 4 is 40.9 Å². The van der Waals surface area contributed by atoms with E-state index < -0.39 is 0 Å². The van der Waals surface area contributed by atoms with Crippen LogP contribution in [0.4, 0.5) is 0 Å². The average Bonchev–Trinajstić information content (AvgIpc) is 2.61. The summed E-state index contributed by atoms with van der Waals surface area (Å²) in [5.41, 5.74) is 2.16. The van der Waals surface area contributed by atoms with E-state index in [1.54, 1.807) is 0 Å². The van der Waals surface area contributed by atoms with Crippen LogP contribution in [0.1, 0.15) is 36.3 Å². The summed E-state index contributed by atoms with van der Waals surface area (Å²) in [6, 6.07) is 15.8. The monoisotopic (exact) mass is 411 g/mol. The molecule has 1 N–H and O–H groups in total. The van der Waals surface area contributed by atoms with Crippen molar-refractivity contribution in [3.8, 4) is 0 Å². The largest absolute Gasteiger partial charge is 0.468 e. The van der Waals surface area contributed by atoms with E-state index >= 15 is 0 Å². The predicted molar refractivity (Wildman–Crippen MR) is 111 cm³/mol. The molecular formula is C20H23Cl2NO2S. The van der Waals surface area contributed by atoms with Crippen LogP contribution < -0.4 is 5.32 Å². The number of rotatable bonds is 8. The highest BCUT2D eigenvalue weighted by Crippen LogP contribution is 2.41. The fourth-order valence-electron chi connectivity index (χ4n) is 2.67. The van der Waals surface area contributed by atoms with Gasteiger partial charge in [0.1, 0.15) is 0 Å². The molecule has 2 rings (SSSR count). The predicted octanol–water partition coefficient (Wildman–Crippen LogP) is 5.68. The van der Waals surface area contributed by atoms with Crippen molar-refractivity contribution in [1.29, 1.82) is 0 Å². The van der Waals surface area contributed by atoms with Gasteiger partial charge in [0, 0.05) is 27.4 Å². The first-order valence-electron chi connectivity index (χ1n) is 8.36. The van der Waals surface area contributed by atoms with Crippen molar-refractivity contribution in [3.05, 3.63) is 69.7 Å². The molecule has 2 aromatic rings. The average molecular weight is 412 g/mol. The Morgan fingerprint density at radius 2 is 1.77 bits per heavy atom. The highest BCUT2D eigenvalue weighted by Gasteiger charge is 2.27. The van der Waals surface area contributed by atoms with Gasteiger partial charge in [0.15, 0.2) is 0 Å². The van der Waals surface area contributed by atoms with E-state index in [9.17, 15) is 4.79 Å². The fourth-order valence-corrected chi connectivity index (χ4v) is 4.20. The molecule has 3 nitrogen and oxygen atoms in total. The number of hydrogen-bond donors (Lipinski definition) is 1. The summed E-state index contributed by atoms with van der Waals surface area (Å²) in [6.07, 6.45) is 0. The van der Waals surface area contributed by atoms with Gasteiger partial charge in [-0.05, 0) is 35.4 Å². The number of halogens is 2. The van der Waals surface area contributed by atoms with Crippen molar-refractivity contribution in [2.24, 2.45) is 0 Å². The lowest BCUT2D eigenvalue weighted by Crippen LogP contribution is -2.32. The molecule has 0 aliphatic rings. The zero-order chi connectivity index (χ0) is 19.1. The van der Waals surface area contributed by atoms with E-state index in [0.29, 0.717) is 10.0 Å². The van der Waals surface area contributed by atoms with Gasteiger partial charge in [-0.25, -0.2) is 0 Å². The minimum Gasteiger partial charge on any atom is -0.468 e. The van der Waals surface area contributed by atoms with Gasteiger partial charge in [0.2, 0.25) is 0 Å². The van der Waals surface area contributed by atoms with E-state index in [2.05, 4.69) is 19.2 Å². The van der Waals surface area contributed by atoms with Crippen molar-refractivity contribution in [3.63, 3.8) is 0 Å². The van der Waals surface area contributed by atoms with Crippen LogP contribution in [-0.2, 0) is 9.53 Å². The Balaban J connectivity index is 2.41. The Bertz CT molecular complexity index is 722. The number of hydrogen-bond acceptors (Lipinski definition) is 4. The third kappa shape index (κ3) is 6.20. The topological polar surface area (TPSA) is 38.3 Å². The second-order valence-corrected chi connectivity index (χ2v) is 8.22. The van der Waals surface area contributed by atoms with Gasteiger partial charge < -0.3 is 10.1 Å². The van der Waals surface area contributed by atoms with Gasteiger partial charge in [-0.3, -0.25) is 4.79 Å². The minimum absolute atomic E-state index is 0.0135. The van der Waals surface area contributed by atoms with Gasteiger partial charge in [-0.15, -0.1) is 11.8 Å². The van der Waals surface area contributed by atoms with E-state index in [1.165, 1.54) is 18.9 Å². The molecule has 0 saturated heterocycles. The molecule has 0 aliphatic carbocycles. The molecule has 0 bridgehead atoms. The summed E-state index contributed by atoms with van der Waals surface area (Å²) < 4.78 is 4.82. The third-order valence-electron chi connectivity index (χ3n) is 3.83. The van der Waals surface area contributed by atoms with Gasteiger partial charge >= 0.3 is 5.97 Å². The highest BCUT2D eigenvalue weighted by molar-refractivity contribution is 8.00. The van der Waals surface area contributed by atoms with Crippen LogP contribution in [0.15, 0.2) is 48.5 Å². The zero-order valence-electron chi connectivity index (χ0n) is 15.0. The summed E-state index contributed by atoms with van der Waals surface area (Å²) in [6.45, 7) is 4.20. The van der Waals surface area contributed by atoms with Crippen LogP contribution in [0.25, 0.3) is 0 Å². The summed E-state index contributed by atoms with van der Waals surface area (Å²) >= 11 is 13.8. The minimum atomic E-state index is -0.249. The molecule has 2 aromatic carbocycles. The zero-order valence-corrected chi connectivity index (χ0v) is 17.4. The van der Waals surface area contributed by atoms with Crippen LogP contribution in [0.2, 0.25) is 10.0 Å². The van der Waals surface area contributed by atoms with Crippen LogP contribution in [0.3, 0.4) is 0 Å². The summed E-state index contributed by atoms with van der Waals surface area (Å²) in [7, 11) is 1.40. The smallest absolute Gasteiger partial charge is 0.315 e. The highest BCUT2D eigenvalue weighted by atomic mass is 35.5. The first-order valence-corrected chi connectivity index (χ1v) is 10.2. The molecule has 0 amide bonds. The Labute approximate surface area is 169 Å². The SMILES string of the molecule is COC(=O)CS[C@@H](c1cccc(Cl)c1)[C@H](NC(C)C)c1ccc(Cl)cc1.